The molecule has 0 radical (unpaired) electrons. The topological polar surface area (TPSA) is 38.3 Å². The number of methoxy groups -OCH3 is 1. The quantitative estimate of drug-likeness (QED) is 0.657. The van der Waals surface area contributed by atoms with Crippen molar-refractivity contribution in [1.82, 2.24) is 5.32 Å². The van der Waals surface area contributed by atoms with Crippen molar-refractivity contribution in [1.29, 1.82) is 0 Å². The van der Waals surface area contributed by atoms with Gasteiger partial charge in [-0.1, -0.05) is 57.2 Å². The number of esters is 1. The van der Waals surface area contributed by atoms with Gasteiger partial charge in [0.1, 0.15) is 6.04 Å². The molecule has 0 saturated carbocycles. The molecule has 0 bridgehead atoms. The number of rotatable bonds is 5. The molecule has 1 N–H and O–H groups in total. The van der Waals surface area contributed by atoms with E-state index in [0.717, 1.165) is 19.3 Å². The van der Waals surface area contributed by atoms with Gasteiger partial charge in [0.05, 0.1) is 7.11 Å². The van der Waals surface area contributed by atoms with E-state index < -0.39 is 0 Å². The Morgan fingerprint density at radius 3 is 2.52 bits per heavy atom. The summed E-state index contributed by atoms with van der Waals surface area (Å²) in [5.74, 6) is 0.486. The summed E-state index contributed by atoms with van der Waals surface area (Å²) in [7, 11) is 1.46. The third kappa shape index (κ3) is 4.93. The molecule has 3 heteroatoms. The largest absolute Gasteiger partial charge is 0.468 e. The van der Waals surface area contributed by atoms with Gasteiger partial charge in [-0.2, -0.15) is 0 Å². The highest BCUT2D eigenvalue weighted by molar-refractivity contribution is 5.79. The van der Waals surface area contributed by atoms with E-state index in [1.54, 1.807) is 0 Å². The lowest BCUT2D eigenvalue weighted by atomic mass is 9.72. The van der Waals surface area contributed by atoms with Crippen LogP contribution < -0.4 is 5.32 Å². The Labute approximate surface area is 140 Å². The Balaban J connectivity index is 2.04. The lowest BCUT2D eigenvalue weighted by Crippen LogP contribution is -2.40. The average molecular weight is 315 g/mol. The van der Waals surface area contributed by atoms with E-state index in [-0.39, 0.29) is 12.0 Å². The third-order valence-electron chi connectivity index (χ3n) is 4.83. The summed E-state index contributed by atoms with van der Waals surface area (Å²) in [6.45, 7) is 7.55. The van der Waals surface area contributed by atoms with Gasteiger partial charge < -0.3 is 4.74 Å². The van der Waals surface area contributed by atoms with Crippen LogP contribution >= 0.6 is 0 Å². The van der Waals surface area contributed by atoms with E-state index >= 15 is 0 Å². The average Bonchev–Trinajstić information content (AvgIpc) is 2.55. The van der Waals surface area contributed by atoms with E-state index in [1.807, 2.05) is 18.2 Å². The molecule has 126 valence electrons. The summed E-state index contributed by atoms with van der Waals surface area (Å²) in [6.07, 6.45) is 5.39. The molecule has 1 aromatic carbocycles. The van der Waals surface area contributed by atoms with Gasteiger partial charge in [-0.3, -0.25) is 10.1 Å². The standard InChI is InChI=1S/C20H29NO2/c1-20(2,3)17-12-10-16(11-13-17)18(19(22)23-4)21-14-15-8-6-5-7-9-15/h5-10,17-18,21H,11-14H2,1-4H3. The summed E-state index contributed by atoms with van der Waals surface area (Å²) >= 11 is 0. The first-order valence-corrected chi connectivity index (χ1v) is 8.46. The molecule has 2 rings (SSSR count). The summed E-state index contributed by atoms with van der Waals surface area (Å²) in [5, 5.41) is 3.37. The Morgan fingerprint density at radius 1 is 1.30 bits per heavy atom. The maximum Gasteiger partial charge on any atom is 0.327 e. The SMILES string of the molecule is COC(=O)C(NCc1ccccc1)C1=CCC(C(C)(C)C)CC1. The highest BCUT2D eigenvalue weighted by Gasteiger charge is 2.30. The van der Waals surface area contributed by atoms with E-state index in [1.165, 1.54) is 18.2 Å². The molecule has 23 heavy (non-hydrogen) atoms. The number of hydrogen-bond donors (Lipinski definition) is 1. The molecule has 2 atom stereocenters. The van der Waals surface area contributed by atoms with Crippen molar-refractivity contribution in [3.63, 3.8) is 0 Å². The van der Waals surface area contributed by atoms with Gasteiger partial charge in [0.15, 0.2) is 0 Å². The van der Waals surface area contributed by atoms with Crippen molar-refractivity contribution in [2.45, 2.75) is 52.6 Å². The van der Waals surface area contributed by atoms with Crippen LogP contribution in [-0.2, 0) is 16.1 Å². The van der Waals surface area contributed by atoms with Crippen LogP contribution in [0.25, 0.3) is 0 Å². The molecule has 0 spiro atoms. The van der Waals surface area contributed by atoms with Gasteiger partial charge in [0.25, 0.3) is 0 Å². The van der Waals surface area contributed by atoms with Crippen LogP contribution in [0, 0.1) is 11.3 Å². The van der Waals surface area contributed by atoms with Gasteiger partial charge in [-0.15, -0.1) is 0 Å². The van der Waals surface area contributed by atoms with Gasteiger partial charge in [-0.25, -0.2) is 0 Å². The highest BCUT2D eigenvalue weighted by atomic mass is 16.5. The number of allylic oxidation sites excluding steroid dienone is 1. The Bertz CT molecular complexity index is 543. The fourth-order valence-corrected chi connectivity index (χ4v) is 3.20. The van der Waals surface area contributed by atoms with Crippen LogP contribution in [0.2, 0.25) is 0 Å². The van der Waals surface area contributed by atoms with Crippen LogP contribution in [0.15, 0.2) is 42.0 Å². The van der Waals surface area contributed by atoms with Crippen LogP contribution in [0.4, 0.5) is 0 Å². The van der Waals surface area contributed by atoms with Crippen LogP contribution in [-0.4, -0.2) is 19.1 Å². The third-order valence-corrected chi connectivity index (χ3v) is 4.83. The number of hydrogen-bond acceptors (Lipinski definition) is 3. The predicted molar refractivity (Wildman–Crippen MR) is 94.0 cm³/mol. The Kier molecular flexibility index (Phi) is 6.00. The zero-order chi connectivity index (χ0) is 16.9. The molecule has 0 aromatic heterocycles. The van der Waals surface area contributed by atoms with Crippen LogP contribution in [0.1, 0.15) is 45.6 Å². The monoisotopic (exact) mass is 315 g/mol. The van der Waals surface area contributed by atoms with Crippen molar-refractivity contribution < 1.29 is 9.53 Å². The number of nitrogens with one attached hydrogen (secondary N) is 1. The van der Waals surface area contributed by atoms with Crippen LogP contribution in [0.3, 0.4) is 0 Å². The first-order chi connectivity index (χ1) is 10.9. The fraction of sp³-hybridized carbons (Fsp3) is 0.550. The normalized spacial score (nSPS) is 19.8. The molecule has 0 amide bonds. The zero-order valence-corrected chi connectivity index (χ0v) is 14.8. The minimum absolute atomic E-state index is 0.193. The maximum atomic E-state index is 12.2. The predicted octanol–water partition coefficient (Wildman–Crippen LogP) is 4.09. The first-order valence-electron chi connectivity index (χ1n) is 8.46. The zero-order valence-electron chi connectivity index (χ0n) is 14.8. The van der Waals surface area contributed by atoms with E-state index in [2.05, 4.69) is 44.3 Å². The lowest BCUT2D eigenvalue weighted by molar-refractivity contribution is -0.142. The second-order valence-electron chi connectivity index (χ2n) is 7.44. The number of carbonyl (C=O) groups excluding carboxylic acids is 1. The van der Waals surface area contributed by atoms with Crippen molar-refractivity contribution in [3.05, 3.63) is 47.5 Å². The van der Waals surface area contributed by atoms with Crippen LogP contribution in [0.5, 0.6) is 0 Å². The van der Waals surface area contributed by atoms with Crippen molar-refractivity contribution >= 4 is 5.97 Å². The molecule has 0 fully saturated rings. The summed E-state index contributed by atoms with van der Waals surface area (Å²) in [4.78, 5) is 12.2. The summed E-state index contributed by atoms with van der Waals surface area (Å²) in [5.41, 5.74) is 2.67. The van der Waals surface area contributed by atoms with E-state index in [4.69, 9.17) is 4.74 Å². The minimum atomic E-state index is -0.332. The maximum absolute atomic E-state index is 12.2. The Morgan fingerprint density at radius 2 is 2.00 bits per heavy atom. The molecule has 0 aliphatic heterocycles. The number of ether oxygens (including phenoxy) is 1. The molecule has 2 unspecified atom stereocenters. The van der Waals surface area contributed by atoms with Crippen molar-refractivity contribution in [2.24, 2.45) is 11.3 Å². The molecule has 1 aliphatic rings. The fourth-order valence-electron chi connectivity index (χ4n) is 3.20. The first kappa shape index (κ1) is 17.7. The lowest BCUT2D eigenvalue weighted by Gasteiger charge is -2.34. The molecule has 0 saturated heterocycles. The molecule has 1 aromatic rings. The van der Waals surface area contributed by atoms with Gasteiger partial charge in [0.2, 0.25) is 0 Å². The van der Waals surface area contributed by atoms with Gasteiger partial charge in [0, 0.05) is 6.54 Å². The number of carbonyl (C=O) groups is 1. The summed E-state index contributed by atoms with van der Waals surface area (Å²) in [6, 6.07) is 9.81. The minimum Gasteiger partial charge on any atom is -0.468 e. The Hall–Kier alpha value is -1.61. The molecular weight excluding hydrogens is 286 g/mol. The van der Waals surface area contributed by atoms with E-state index in [9.17, 15) is 4.79 Å². The summed E-state index contributed by atoms with van der Waals surface area (Å²) < 4.78 is 5.01. The highest BCUT2D eigenvalue weighted by Crippen LogP contribution is 2.37. The molecule has 3 nitrogen and oxygen atoms in total. The number of benzene rings is 1. The molecule has 0 heterocycles. The second kappa shape index (κ2) is 7.78. The van der Waals surface area contributed by atoms with Crippen molar-refractivity contribution in [2.75, 3.05) is 7.11 Å². The van der Waals surface area contributed by atoms with E-state index in [0.29, 0.717) is 17.9 Å². The molecule has 1 aliphatic carbocycles. The van der Waals surface area contributed by atoms with Gasteiger partial charge >= 0.3 is 5.97 Å². The van der Waals surface area contributed by atoms with Crippen molar-refractivity contribution in [3.8, 4) is 0 Å². The van der Waals surface area contributed by atoms with Gasteiger partial charge in [-0.05, 0) is 41.7 Å². The second-order valence-corrected chi connectivity index (χ2v) is 7.44. The smallest absolute Gasteiger partial charge is 0.327 e. The molecular formula is C20H29NO2.